The van der Waals surface area contributed by atoms with Gasteiger partial charge in [0.05, 0.1) is 13.7 Å². The quantitative estimate of drug-likeness (QED) is 0.509. The van der Waals surface area contributed by atoms with Crippen LogP contribution in [0.3, 0.4) is 0 Å². The third kappa shape index (κ3) is 5.47. The summed E-state index contributed by atoms with van der Waals surface area (Å²) in [4.78, 5) is 11.7. The van der Waals surface area contributed by atoms with E-state index in [2.05, 4.69) is 19.2 Å². The van der Waals surface area contributed by atoms with Crippen LogP contribution in [0.25, 0.3) is 0 Å². The molecule has 96 valence electrons. The van der Waals surface area contributed by atoms with Crippen LogP contribution < -0.4 is 5.32 Å². The van der Waals surface area contributed by atoms with Gasteiger partial charge in [0.1, 0.15) is 5.54 Å². The molecule has 0 aliphatic rings. The fraction of sp³-hybridized carbons (Fsp3) is 0.917. The van der Waals surface area contributed by atoms with E-state index >= 15 is 0 Å². The van der Waals surface area contributed by atoms with E-state index in [0.717, 1.165) is 12.8 Å². The standard InChI is InChI=1S/C12H25NO3/c1-10(2)6-7-12(3,11(14)16-5)13-8-9-15-4/h10,13H,6-9H2,1-5H3. The van der Waals surface area contributed by atoms with Crippen molar-refractivity contribution in [1.29, 1.82) is 0 Å². The largest absolute Gasteiger partial charge is 0.468 e. The Bertz CT molecular complexity index is 206. The Morgan fingerprint density at radius 2 is 2.00 bits per heavy atom. The third-order valence-electron chi connectivity index (χ3n) is 2.68. The van der Waals surface area contributed by atoms with E-state index in [1.807, 2.05) is 6.92 Å². The van der Waals surface area contributed by atoms with Crippen molar-refractivity contribution < 1.29 is 14.3 Å². The van der Waals surface area contributed by atoms with Crippen LogP contribution in [0.15, 0.2) is 0 Å². The second-order valence-electron chi connectivity index (χ2n) is 4.68. The lowest BCUT2D eigenvalue weighted by Crippen LogP contribution is -2.51. The van der Waals surface area contributed by atoms with E-state index < -0.39 is 5.54 Å². The summed E-state index contributed by atoms with van der Waals surface area (Å²) >= 11 is 0. The molecule has 4 heteroatoms. The van der Waals surface area contributed by atoms with Crippen molar-refractivity contribution in [1.82, 2.24) is 5.32 Å². The zero-order chi connectivity index (χ0) is 12.6. The van der Waals surface area contributed by atoms with Gasteiger partial charge in [-0.1, -0.05) is 13.8 Å². The van der Waals surface area contributed by atoms with E-state index in [0.29, 0.717) is 19.1 Å². The molecule has 1 N–H and O–H groups in total. The zero-order valence-electron chi connectivity index (χ0n) is 11.1. The molecule has 0 aromatic heterocycles. The molecule has 0 radical (unpaired) electrons. The van der Waals surface area contributed by atoms with Gasteiger partial charge in [0.25, 0.3) is 0 Å². The van der Waals surface area contributed by atoms with Crippen LogP contribution in [-0.4, -0.2) is 38.9 Å². The van der Waals surface area contributed by atoms with Crippen molar-refractivity contribution in [3.8, 4) is 0 Å². The number of carbonyl (C=O) groups is 1. The third-order valence-corrected chi connectivity index (χ3v) is 2.68. The first-order valence-electron chi connectivity index (χ1n) is 5.78. The van der Waals surface area contributed by atoms with Crippen molar-refractivity contribution in [3.05, 3.63) is 0 Å². The van der Waals surface area contributed by atoms with Gasteiger partial charge in [0.2, 0.25) is 0 Å². The van der Waals surface area contributed by atoms with Crippen LogP contribution in [-0.2, 0) is 14.3 Å². The highest BCUT2D eigenvalue weighted by molar-refractivity contribution is 5.80. The number of methoxy groups -OCH3 is 2. The maximum absolute atomic E-state index is 11.7. The van der Waals surface area contributed by atoms with Crippen molar-refractivity contribution in [2.75, 3.05) is 27.4 Å². The minimum atomic E-state index is -0.600. The van der Waals surface area contributed by atoms with Gasteiger partial charge in [-0.05, 0) is 25.7 Å². The molecule has 0 aliphatic heterocycles. The van der Waals surface area contributed by atoms with Crippen LogP contribution in [0.1, 0.15) is 33.6 Å². The van der Waals surface area contributed by atoms with Crippen LogP contribution >= 0.6 is 0 Å². The van der Waals surface area contributed by atoms with E-state index in [4.69, 9.17) is 9.47 Å². The average molecular weight is 231 g/mol. The summed E-state index contributed by atoms with van der Waals surface area (Å²) in [6, 6.07) is 0. The lowest BCUT2D eigenvalue weighted by Gasteiger charge is -2.28. The lowest BCUT2D eigenvalue weighted by molar-refractivity contribution is -0.148. The number of hydrogen-bond donors (Lipinski definition) is 1. The molecule has 0 aliphatic carbocycles. The van der Waals surface area contributed by atoms with Crippen molar-refractivity contribution >= 4 is 5.97 Å². The Kier molecular flexibility index (Phi) is 7.34. The van der Waals surface area contributed by atoms with Gasteiger partial charge in [-0.3, -0.25) is 10.1 Å². The minimum absolute atomic E-state index is 0.204. The summed E-state index contributed by atoms with van der Waals surface area (Å²) in [6.45, 7) is 7.42. The van der Waals surface area contributed by atoms with E-state index in [-0.39, 0.29) is 5.97 Å². The molecule has 0 aromatic carbocycles. The molecule has 0 saturated carbocycles. The number of rotatable bonds is 8. The lowest BCUT2D eigenvalue weighted by atomic mass is 9.92. The predicted octanol–water partition coefficient (Wildman–Crippen LogP) is 1.59. The van der Waals surface area contributed by atoms with Crippen molar-refractivity contribution in [2.45, 2.75) is 39.2 Å². The molecular weight excluding hydrogens is 206 g/mol. The molecule has 16 heavy (non-hydrogen) atoms. The summed E-state index contributed by atoms with van der Waals surface area (Å²) in [5.41, 5.74) is -0.600. The normalized spacial score (nSPS) is 14.9. The zero-order valence-corrected chi connectivity index (χ0v) is 11.1. The van der Waals surface area contributed by atoms with Crippen LogP contribution in [0, 0.1) is 5.92 Å². The SMILES string of the molecule is COCCNC(C)(CCC(C)C)C(=O)OC. The average Bonchev–Trinajstić information content (AvgIpc) is 2.25. The first-order valence-corrected chi connectivity index (χ1v) is 5.78. The molecule has 1 unspecified atom stereocenters. The van der Waals surface area contributed by atoms with Gasteiger partial charge in [0, 0.05) is 13.7 Å². The van der Waals surface area contributed by atoms with Gasteiger partial charge in [-0.25, -0.2) is 0 Å². The van der Waals surface area contributed by atoms with Crippen LogP contribution in [0.4, 0.5) is 0 Å². The highest BCUT2D eigenvalue weighted by Gasteiger charge is 2.33. The number of carbonyl (C=O) groups excluding carboxylic acids is 1. The maximum Gasteiger partial charge on any atom is 0.325 e. The Balaban J connectivity index is 4.30. The van der Waals surface area contributed by atoms with Crippen LogP contribution in [0.2, 0.25) is 0 Å². The predicted molar refractivity (Wildman–Crippen MR) is 64.4 cm³/mol. The maximum atomic E-state index is 11.7. The second-order valence-corrected chi connectivity index (χ2v) is 4.68. The number of nitrogens with one attached hydrogen (secondary N) is 1. The molecule has 1 atom stereocenters. The van der Waals surface area contributed by atoms with Gasteiger partial charge in [0.15, 0.2) is 0 Å². The van der Waals surface area contributed by atoms with E-state index in [1.165, 1.54) is 7.11 Å². The van der Waals surface area contributed by atoms with E-state index in [1.54, 1.807) is 7.11 Å². The Morgan fingerprint density at radius 1 is 1.38 bits per heavy atom. The molecule has 0 bridgehead atoms. The highest BCUT2D eigenvalue weighted by Crippen LogP contribution is 2.17. The van der Waals surface area contributed by atoms with Crippen molar-refractivity contribution in [2.24, 2.45) is 5.92 Å². The molecule has 4 nitrogen and oxygen atoms in total. The highest BCUT2D eigenvalue weighted by atomic mass is 16.5. The molecule has 0 amide bonds. The van der Waals surface area contributed by atoms with Gasteiger partial charge < -0.3 is 9.47 Å². The summed E-state index contributed by atoms with van der Waals surface area (Å²) in [5, 5.41) is 3.20. The summed E-state index contributed by atoms with van der Waals surface area (Å²) in [6.07, 6.45) is 1.77. The smallest absolute Gasteiger partial charge is 0.325 e. The molecule has 0 heterocycles. The first-order chi connectivity index (χ1) is 7.46. The van der Waals surface area contributed by atoms with Gasteiger partial charge >= 0.3 is 5.97 Å². The number of ether oxygens (including phenoxy) is 2. The van der Waals surface area contributed by atoms with Crippen LogP contribution in [0.5, 0.6) is 0 Å². The fourth-order valence-corrected chi connectivity index (χ4v) is 1.49. The molecule has 0 spiro atoms. The fourth-order valence-electron chi connectivity index (χ4n) is 1.49. The Labute approximate surface area is 98.7 Å². The van der Waals surface area contributed by atoms with E-state index in [9.17, 15) is 4.79 Å². The summed E-state index contributed by atoms with van der Waals surface area (Å²) in [5.74, 6) is 0.373. The molecule has 0 fully saturated rings. The summed E-state index contributed by atoms with van der Waals surface area (Å²) in [7, 11) is 3.07. The molecule has 0 aromatic rings. The first kappa shape index (κ1) is 15.4. The Hall–Kier alpha value is -0.610. The Morgan fingerprint density at radius 3 is 2.44 bits per heavy atom. The number of esters is 1. The monoisotopic (exact) mass is 231 g/mol. The van der Waals surface area contributed by atoms with Gasteiger partial charge in [-0.15, -0.1) is 0 Å². The van der Waals surface area contributed by atoms with Crippen molar-refractivity contribution in [3.63, 3.8) is 0 Å². The molecule has 0 rings (SSSR count). The summed E-state index contributed by atoms with van der Waals surface area (Å²) < 4.78 is 9.80. The topological polar surface area (TPSA) is 47.6 Å². The second kappa shape index (κ2) is 7.63. The number of hydrogen-bond acceptors (Lipinski definition) is 4. The molecular formula is C12H25NO3. The van der Waals surface area contributed by atoms with Gasteiger partial charge in [-0.2, -0.15) is 0 Å². The molecule has 0 saturated heterocycles. The minimum Gasteiger partial charge on any atom is -0.468 e.